The molecule has 0 aliphatic rings. The van der Waals surface area contributed by atoms with Gasteiger partial charge in [-0.15, -0.1) is 11.3 Å². The summed E-state index contributed by atoms with van der Waals surface area (Å²) < 4.78 is 5.14. The van der Waals surface area contributed by atoms with Crippen LogP contribution in [-0.4, -0.2) is 17.6 Å². The highest BCUT2D eigenvalue weighted by molar-refractivity contribution is 7.10. The lowest BCUT2D eigenvalue weighted by molar-refractivity contribution is 0.0914. The van der Waals surface area contributed by atoms with E-state index < -0.39 is 17.6 Å². The first-order valence-corrected chi connectivity index (χ1v) is 7.97. The molecule has 2 N–H and O–H groups in total. The van der Waals surface area contributed by atoms with Crippen LogP contribution in [0.2, 0.25) is 0 Å². The molecule has 2 aromatic heterocycles. The van der Waals surface area contributed by atoms with Crippen LogP contribution in [0.5, 0.6) is 0 Å². The lowest BCUT2D eigenvalue weighted by Gasteiger charge is -2.11. The topological polar surface area (TPSA) is 79.5 Å². The monoisotopic (exact) mass is 329 g/mol. The Balaban J connectivity index is 1.77. The van der Waals surface area contributed by atoms with Gasteiger partial charge in [0, 0.05) is 16.8 Å². The molecule has 0 fully saturated rings. The Morgan fingerprint density at radius 3 is 2.87 bits per heavy atom. The molecule has 118 valence electrons. The summed E-state index contributed by atoms with van der Waals surface area (Å²) in [5.41, 5.74) is 0.645. The standard InChI is InChI=1S/C17H15NO4S/c1-10-6-7-23-15(10)13(19)9-18-16(20)12-8-11-4-2-3-5-14(11)22-17(12)21/h2-8,13,19H,9H2,1H3,(H,18,20). The Kier molecular flexibility index (Phi) is 4.27. The van der Waals surface area contributed by atoms with Crippen molar-refractivity contribution in [2.24, 2.45) is 0 Å². The van der Waals surface area contributed by atoms with Crippen molar-refractivity contribution < 1.29 is 14.3 Å². The third-order valence-electron chi connectivity index (χ3n) is 3.55. The molecule has 2 heterocycles. The van der Waals surface area contributed by atoms with Crippen LogP contribution in [0.4, 0.5) is 0 Å². The fraction of sp³-hybridized carbons (Fsp3) is 0.176. The first-order valence-electron chi connectivity index (χ1n) is 7.09. The number of fused-ring (bicyclic) bond motifs is 1. The highest BCUT2D eigenvalue weighted by Crippen LogP contribution is 2.23. The van der Waals surface area contributed by atoms with E-state index in [1.54, 1.807) is 24.3 Å². The van der Waals surface area contributed by atoms with Crippen LogP contribution in [0.3, 0.4) is 0 Å². The maximum atomic E-state index is 12.2. The lowest BCUT2D eigenvalue weighted by atomic mass is 10.1. The minimum absolute atomic E-state index is 0.0342. The van der Waals surface area contributed by atoms with Gasteiger partial charge in [0.25, 0.3) is 5.91 Å². The van der Waals surface area contributed by atoms with Crippen molar-refractivity contribution in [1.29, 1.82) is 0 Å². The van der Waals surface area contributed by atoms with Gasteiger partial charge >= 0.3 is 5.63 Å². The summed E-state index contributed by atoms with van der Waals surface area (Å²) in [6.07, 6.45) is -0.800. The van der Waals surface area contributed by atoms with Crippen molar-refractivity contribution in [3.63, 3.8) is 0 Å². The van der Waals surface area contributed by atoms with Crippen LogP contribution in [0.15, 0.2) is 51.0 Å². The van der Waals surface area contributed by atoms with Gasteiger partial charge in [-0.1, -0.05) is 18.2 Å². The number of amides is 1. The average molecular weight is 329 g/mol. The van der Waals surface area contributed by atoms with E-state index in [2.05, 4.69) is 5.32 Å². The number of aliphatic hydroxyl groups is 1. The van der Waals surface area contributed by atoms with Crippen molar-refractivity contribution in [1.82, 2.24) is 5.32 Å². The number of carbonyl (C=O) groups is 1. The molecule has 0 saturated heterocycles. The van der Waals surface area contributed by atoms with Crippen LogP contribution < -0.4 is 10.9 Å². The number of carbonyl (C=O) groups excluding carboxylic acids is 1. The number of aryl methyl sites for hydroxylation is 1. The van der Waals surface area contributed by atoms with Crippen LogP contribution >= 0.6 is 11.3 Å². The molecule has 0 aliphatic carbocycles. The van der Waals surface area contributed by atoms with E-state index in [0.717, 1.165) is 10.4 Å². The van der Waals surface area contributed by atoms with Gasteiger partial charge in [0.05, 0.1) is 0 Å². The maximum absolute atomic E-state index is 12.2. The zero-order valence-electron chi connectivity index (χ0n) is 12.4. The van der Waals surface area contributed by atoms with E-state index in [1.807, 2.05) is 18.4 Å². The fourth-order valence-electron chi connectivity index (χ4n) is 2.32. The van der Waals surface area contributed by atoms with Crippen LogP contribution in [0.1, 0.15) is 26.9 Å². The van der Waals surface area contributed by atoms with Gasteiger partial charge in [0.1, 0.15) is 17.3 Å². The molecule has 0 aliphatic heterocycles. The Bertz CT molecular complexity index is 912. The second-order valence-corrected chi connectivity index (χ2v) is 6.13. The van der Waals surface area contributed by atoms with Crippen LogP contribution in [0.25, 0.3) is 11.0 Å². The van der Waals surface area contributed by atoms with Gasteiger partial charge in [-0.25, -0.2) is 4.79 Å². The number of nitrogens with one attached hydrogen (secondary N) is 1. The van der Waals surface area contributed by atoms with Crippen LogP contribution in [-0.2, 0) is 0 Å². The molecule has 0 saturated carbocycles. The van der Waals surface area contributed by atoms with Crippen molar-refractivity contribution >= 4 is 28.2 Å². The molecule has 3 aromatic rings. The summed E-state index contributed by atoms with van der Waals surface area (Å²) in [7, 11) is 0. The summed E-state index contributed by atoms with van der Waals surface area (Å²) in [6, 6.07) is 10.4. The molecule has 6 heteroatoms. The molecule has 5 nitrogen and oxygen atoms in total. The van der Waals surface area contributed by atoms with E-state index in [1.165, 1.54) is 17.4 Å². The first-order chi connectivity index (χ1) is 11.1. The minimum Gasteiger partial charge on any atom is -0.422 e. The SMILES string of the molecule is Cc1ccsc1C(O)CNC(=O)c1cc2ccccc2oc1=O. The van der Waals surface area contributed by atoms with Gasteiger partial charge in [-0.2, -0.15) is 0 Å². The summed E-state index contributed by atoms with van der Waals surface area (Å²) >= 11 is 1.43. The van der Waals surface area contributed by atoms with Gasteiger partial charge < -0.3 is 14.8 Å². The molecule has 1 amide bonds. The molecule has 3 rings (SSSR count). The number of thiophene rings is 1. The zero-order chi connectivity index (χ0) is 16.4. The second-order valence-electron chi connectivity index (χ2n) is 5.18. The predicted octanol–water partition coefficient (Wildman–Crippen LogP) is 2.63. The van der Waals surface area contributed by atoms with E-state index in [4.69, 9.17) is 4.42 Å². The van der Waals surface area contributed by atoms with Crippen LogP contribution in [0, 0.1) is 6.92 Å². The molecule has 0 spiro atoms. The smallest absolute Gasteiger partial charge is 0.349 e. The third kappa shape index (κ3) is 3.18. The normalized spacial score (nSPS) is 12.3. The number of hydrogen-bond acceptors (Lipinski definition) is 5. The number of aliphatic hydroxyl groups excluding tert-OH is 1. The minimum atomic E-state index is -0.800. The van der Waals surface area contributed by atoms with Gasteiger partial charge in [-0.3, -0.25) is 4.79 Å². The molecular formula is C17H15NO4S. The van der Waals surface area contributed by atoms with Gasteiger partial charge in [0.15, 0.2) is 0 Å². The summed E-state index contributed by atoms with van der Waals surface area (Å²) in [5, 5.41) is 15.3. The maximum Gasteiger partial charge on any atom is 0.349 e. The number of rotatable bonds is 4. The largest absolute Gasteiger partial charge is 0.422 e. The molecular weight excluding hydrogens is 314 g/mol. The second kappa shape index (κ2) is 6.36. The number of para-hydroxylation sites is 1. The Morgan fingerprint density at radius 2 is 2.13 bits per heavy atom. The lowest BCUT2D eigenvalue weighted by Crippen LogP contribution is -2.31. The zero-order valence-corrected chi connectivity index (χ0v) is 13.2. The molecule has 23 heavy (non-hydrogen) atoms. The van der Waals surface area contributed by atoms with E-state index in [9.17, 15) is 14.7 Å². The molecule has 0 radical (unpaired) electrons. The summed E-state index contributed by atoms with van der Waals surface area (Å²) in [4.78, 5) is 24.9. The Hall–Kier alpha value is -2.44. The average Bonchev–Trinajstić information content (AvgIpc) is 2.97. The molecule has 0 bridgehead atoms. The first kappa shape index (κ1) is 15.5. The van der Waals surface area contributed by atoms with Crippen molar-refractivity contribution in [2.75, 3.05) is 6.54 Å². The van der Waals surface area contributed by atoms with Crippen molar-refractivity contribution in [3.05, 3.63) is 68.2 Å². The molecule has 1 atom stereocenters. The summed E-state index contributed by atoms with van der Waals surface area (Å²) in [6.45, 7) is 1.93. The van der Waals surface area contributed by atoms with E-state index >= 15 is 0 Å². The number of benzene rings is 1. The van der Waals surface area contributed by atoms with Crippen molar-refractivity contribution in [2.45, 2.75) is 13.0 Å². The molecule has 1 unspecified atom stereocenters. The van der Waals surface area contributed by atoms with Crippen molar-refractivity contribution in [3.8, 4) is 0 Å². The molecule has 1 aromatic carbocycles. The highest BCUT2D eigenvalue weighted by atomic mass is 32.1. The van der Waals surface area contributed by atoms with Gasteiger partial charge in [-0.05, 0) is 36.1 Å². The van der Waals surface area contributed by atoms with Gasteiger partial charge in [0.2, 0.25) is 0 Å². The van der Waals surface area contributed by atoms with E-state index in [-0.39, 0.29) is 12.1 Å². The number of hydrogen-bond donors (Lipinski definition) is 2. The Morgan fingerprint density at radius 1 is 1.35 bits per heavy atom. The predicted molar refractivity (Wildman–Crippen MR) is 88.8 cm³/mol. The summed E-state index contributed by atoms with van der Waals surface area (Å²) in [5.74, 6) is -0.558. The van der Waals surface area contributed by atoms with E-state index in [0.29, 0.717) is 11.0 Å². The quantitative estimate of drug-likeness (QED) is 0.721. The highest BCUT2D eigenvalue weighted by Gasteiger charge is 2.17. The Labute approximate surface area is 136 Å². The fourth-order valence-corrected chi connectivity index (χ4v) is 3.24. The third-order valence-corrected chi connectivity index (χ3v) is 4.67.